The lowest BCUT2D eigenvalue weighted by atomic mass is 10.00. The number of carbonyl (C=O) groups is 1. The van der Waals surface area contributed by atoms with Gasteiger partial charge in [-0.1, -0.05) is 55.9 Å². The van der Waals surface area contributed by atoms with Gasteiger partial charge in [0.05, 0.1) is 12.8 Å². The van der Waals surface area contributed by atoms with Crippen molar-refractivity contribution in [3.63, 3.8) is 0 Å². The second-order valence-corrected chi connectivity index (χ2v) is 11.6. The van der Waals surface area contributed by atoms with Crippen molar-refractivity contribution in [3.8, 4) is 28.6 Å². The number of amides is 2. The van der Waals surface area contributed by atoms with Crippen LogP contribution in [0.1, 0.15) is 37.3 Å². The van der Waals surface area contributed by atoms with Crippen molar-refractivity contribution in [3.05, 3.63) is 84.2 Å². The number of nitrogens with zero attached hydrogens (tertiary/aromatic N) is 5. The molecule has 3 aromatic carbocycles. The number of halogens is 3. The normalized spacial score (nSPS) is 14.3. The number of aromatic nitrogens is 3. The van der Waals surface area contributed by atoms with Crippen LogP contribution in [0.15, 0.2) is 78.0 Å². The van der Waals surface area contributed by atoms with Crippen LogP contribution in [0.3, 0.4) is 0 Å². The van der Waals surface area contributed by atoms with Crippen LogP contribution < -0.4 is 19.7 Å². The van der Waals surface area contributed by atoms with E-state index in [9.17, 15) is 18.0 Å². The number of rotatable bonds is 10. The first-order valence-corrected chi connectivity index (χ1v) is 15.4. The number of amidine groups is 1. The van der Waals surface area contributed by atoms with E-state index >= 15 is 0 Å². The average molecular weight is 639 g/mol. The van der Waals surface area contributed by atoms with Crippen LogP contribution >= 0.6 is 11.8 Å². The maximum Gasteiger partial charge on any atom is 0.573 e. The van der Waals surface area contributed by atoms with Gasteiger partial charge in [0.15, 0.2) is 11.0 Å². The molecule has 1 saturated heterocycles. The molecule has 0 spiro atoms. The third-order valence-corrected chi connectivity index (χ3v) is 8.04. The molecule has 13 heteroatoms. The molecule has 0 aliphatic carbocycles. The molecule has 236 valence electrons. The van der Waals surface area contributed by atoms with E-state index in [2.05, 4.69) is 49.9 Å². The maximum atomic E-state index is 12.7. The number of alkyl halides is 3. The van der Waals surface area contributed by atoms with E-state index in [4.69, 9.17) is 4.74 Å². The molecule has 0 unspecified atom stereocenters. The molecule has 4 aromatic rings. The Morgan fingerprint density at radius 2 is 1.80 bits per heavy atom. The van der Waals surface area contributed by atoms with Gasteiger partial charge in [-0.05, 0) is 60.2 Å². The number of benzene rings is 3. The number of anilines is 1. The highest BCUT2D eigenvalue weighted by Crippen LogP contribution is 2.35. The summed E-state index contributed by atoms with van der Waals surface area (Å²) in [5.41, 5.74) is 4.63. The van der Waals surface area contributed by atoms with Crippen LogP contribution in [0.4, 0.5) is 23.7 Å². The van der Waals surface area contributed by atoms with Crippen LogP contribution in [-0.2, 0) is 6.42 Å². The quantitative estimate of drug-likeness (QED) is 0.183. The zero-order valence-electron chi connectivity index (χ0n) is 25.0. The molecule has 0 saturated carbocycles. The summed E-state index contributed by atoms with van der Waals surface area (Å²) >= 11 is 1.57. The maximum absolute atomic E-state index is 12.7. The zero-order valence-corrected chi connectivity index (χ0v) is 25.9. The van der Waals surface area contributed by atoms with E-state index in [1.165, 1.54) is 40.8 Å². The molecule has 1 N–H and O–H groups in total. The van der Waals surface area contributed by atoms with Gasteiger partial charge < -0.3 is 19.7 Å². The molecular weight excluding hydrogens is 605 g/mol. The second-order valence-electron chi connectivity index (χ2n) is 10.6. The van der Waals surface area contributed by atoms with Crippen molar-refractivity contribution in [2.24, 2.45) is 4.99 Å². The van der Waals surface area contributed by atoms with Crippen LogP contribution in [0.25, 0.3) is 17.1 Å². The first-order chi connectivity index (χ1) is 21.6. The van der Waals surface area contributed by atoms with Gasteiger partial charge in [-0.3, -0.25) is 0 Å². The van der Waals surface area contributed by atoms with Crippen LogP contribution in [-0.4, -0.2) is 58.3 Å². The standard InChI is InChI=1S/C32H33F3N6O3S/c1-21(2)27-15-14-26(43-3)19-28(27)40-17-18-45-31(40)38-30(42)36-16-4-5-22-6-8-23(9-7-22)29-37-20-41(39-29)24-10-12-25(13-11-24)44-32(33,34)35/h6-15,19-21H,4-5,16-18H2,1-3H3,(H,36,42). The number of nitrogens with one attached hydrogen (secondary N) is 1. The SMILES string of the molecule is COc1ccc(C(C)C)c(N2CCSC2=NC(=O)NCCCc2ccc(-c3ncn(-c4ccc(OC(F)(F)F)cc4)n3)cc2)c1. The molecule has 5 rings (SSSR count). The number of urea groups is 1. The summed E-state index contributed by atoms with van der Waals surface area (Å²) in [6.45, 7) is 5.53. The lowest BCUT2D eigenvalue weighted by molar-refractivity contribution is -0.274. The lowest BCUT2D eigenvalue weighted by Crippen LogP contribution is -2.29. The second kappa shape index (κ2) is 14.1. The minimum absolute atomic E-state index is 0.306. The van der Waals surface area contributed by atoms with Crippen molar-refractivity contribution >= 4 is 28.6 Å². The summed E-state index contributed by atoms with van der Waals surface area (Å²) in [7, 11) is 1.64. The molecular formula is C32H33F3N6O3S. The predicted molar refractivity (Wildman–Crippen MR) is 170 cm³/mol. The van der Waals surface area contributed by atoms with E-state index in [1.807, 2.05) is 36.4 Å². The number of aliphatic imine (C=N–C) groups is 1. The number of methoxy groups -OCH3 is 1. The molecule has 1 aromatic heterocycles. The Morgan fingerprint density at radius 1 is 1.07 bits per heavy atom. The highest BCUT2D eigenvalue weighted by molar-refractivity contribution is 8.14. The van der Waals surface area contributed by atoms with Gasteiger partial charge in [0, 0.05) is 36.2 Å². The number of hydrogen-bond acceptors (Lipinski definition) is 6. The number of carbonyl (C=O) groups excluding carboxylic acids is 1. The van der Waals surface area contributed by atoms with Gasteiger partial charge >= 0.3 is 12.4 Å². The Labute approximate surface area is 263 Å². The van der Waals surface area contributed by atoms with E-state index in [0.29, 0.717) is 29.1 Å². The highest BCUT2D eigenvalue weighted by atomic mass is 32.2. The fourth-order valence-corrected chi connectivity index (χ4v) is 5.79. The summed E-state index contributed by atoms with van der Waals surface area (Å²) in [5.74, 6) is 2.10. The summed E-state index contributed by atoms with van der Waals surface area (Å²) in [5, 5.41) is 8.03. The average Bonchev–Trinajstić information content (AvgIpc) is 3.69. The minimum atomic E-state index is -4.75. The highest BCUT2D eigenvalue weighted by Gasteiger charge is 2.31. The summed E-state index contributed by atoms with van der Waals surface area (Å²) in [6.07, 6.45) is -1.75. The Bertz CT molecular complexity index is 1640. The van der Waals surface area contributed by atoms with Gasteiger partial charge in [-0.25, -0.2) is 14.5 Å². The fourth-order valence-electron chi connectivity index (χ4n) is 4.85. The summed E-state index contributed by atoms with van der Waals surface area (Å²) in [6, 6.07) is 18.8. The lowest BCUT2D eigenvalue weighted by Gasteiger charge is -2.23. The predicted octanol–water partition coefficient (Wildman–Crippen LogP) is 7.22. The minimum Gasteiger partial charge on any atom is -0.497 e. The largest absolute Gasteiger partial charge is 0.573 e. The van der Waals surface area contributed by atoms with Gasteiger partial charge in [-0.15, -0.1) is 18.3 Å². The third-order valence-electron chi connectivity index (χ3n) is 7.08. The third kappa shape index (κ3) is 8.35. The Balaban J connectivity index is 1.12. The van der Waals surface area contributed by atoms with Crippen molar-refractivity contribution in [2.75, 3.05) is 30.9 Å². The Kier molecular flexibility index (Phi) is 9.96. The van der Waals surface area contributed by atoms with Crippen molar-refractivity contribution in [1.29, 1.82) is 0 Å². The van der Waals surface area contributed by atoms with Crippen LogP contribution in [0, 0.1) is 0 Å². The number of ether oxygens (including phenoxy) is 2. The molecule has 1 fully saturated rings. The number of aryl methyl sites for hydroxylation is 1. The molecule has 0 radical (unpaired) electrons. The summed E-state index contributed by atoms with van der Waals surface area (Å²) in [4.78, 5) is 23.5. The van der Waals surface area contributed by atoms with Crippen LogP contribution in [0.5, 0.6) is 11.5 Å². The molecule has 1 aliphatic rings. The first-order valence-electron chi connectivity index (χ1n) is 14.4. The van der Waals surface area contributed by atoms with Gasteiger partial charge in [0.2, 0.25) is 0 Å². The van der Waals surface area contributed by atoms with Crippen LogP contribution in [0.2, 0.25) is 0 Å². The van der Waals surface area contributed by atoms with E-state index in [-0.39, 0.29) is 11.8 Å². The van der Waals surface area contributed by atoms with E-state index in [0.717, 1.165) is 47.7 Å². The molecule has 0 atom stereocenters. The number of hydrogen-bond donors (Lipinski definition) is 1. The van der Waals surface area contributed by atoms with Crippen molar-refractivity contribution in [2.45, 2.75) is 39.0 Å². The fraction of sp³-hybridized carbons (Fsp3) is 0.312. The van der Waals surface area contributed by atoms with E-state index in [1.54, 1.807) is 18.9 Å². The molecule has 45 heavy (non-hydrogen) atoms. The molecule has 2 amide bonds. The van der Waals surface area contributed by atoms with E-state index < -0.39 is 6.36 Å². The Hall–Kier alpha value is -4.52. The van der Waals surface area contributed by atoms with Crippen molar-refractivity contribution < 1.29 is 27.4 Å². The van der Waals surface area contributed by atoms with Gasteiger partial charge in [-0.2, -0.15) is 4.99 Å². The molecule has 2 heterocycles. The zero-order chi connectivity index (χ0) is 32.0. The van der Waals surface area contributed by atoms with Gasteiger partial charge in [0.25, 0.3) is 0 Å². The van der Waals surface area contributed by atoms with Gasteiger partial charge in [0.1, 0.15) is 17.8 Å². The molecule has 9 nitrogen and oxygen atoms in total. The Morgan fingerprint density at radius 3 is 2.49 bits per heavy atom. The topological polar surface area (TPSA) is 93.9 Å². The molecule has 0 bridgehead atoms. The number of thioether (sulfide) groups is 1. The monoisotopic (exact) mass is 638 g/mol. The first kappa shape index (κ1) is 31.9. The molecule has 1 aliphatic heterocycles. The van der Waals surface area contributed by atoms with Crippen molar-refractivity contribution in [1.82, 2.24) is 20.1 Å². The smallest absolute Gasteiger partial charge is 0.497 e. The summed E-state index contributed by atoms with van der Waals surface area (Å²) < 4.78 is 48.0.